The standard InChI is InChI=1S/C19H24FN5O2/c1-24-5-7-25(8-6-24)17-12-27-11-16(17)22-19(26)15-10-21-23-18(15)13-3-2-4-14(20)9-13/h2-4,9-10,16-17H,5-8,11-12H2,1H3,(H,21,23)(H,22,26)/t16-,17-/m0/s1. The monoisotopic (exact) mass is 373 g/mol. The molecule has 7 nitrogen and oxygen atoms in total. The predicted octanol–water partition coefficient (Wildman–Crippen LogP) is 0.960. The Morgan fingerprint density at radius 1 is 1.30 bits per heavy atom. The summed E-state index contributed by atoms with van der Waals surface area (Å²) in [5.41, 5.74) is 1.52. The van der Waals surface area contributed by atoms with E-state index in [1.807, 2.05) is 0 Å². The summed E-state index contributed by atoms with van der Waals surface area (Å²) in [5, 5.41) is 9.89. The zero-order chi connectivity index (χ0) is 18.8. The zero-order valence-electron chi connectivity index (χ0n) is 15.3. The highest BCUT2D eigenvalue weighted by Crippen LogP contribution is 2.23. The number of likely N-dealkylation sites (N-methyl/N-ethyl adjacent to an activating group) is 1. The molecule has 2 aliphatic rings. The van der Waals surface area contributed by atoms with Crippen LogP contribution in [0.4, 0.5) is 4.39 Å². The summed E-state index contributed by atoms with van der Waals surface area (Å²) in [5.74, 6) is -0.578. The minimum Gasteiger partial charge on any atom is -0.378 e. The van der Waals surface area contributed by atoms with Crippen molar-refractivity contribution in [2.45, 2.75) is 12.1 Å². The molecule has 1 amide bonds. The summed E-state index contributed by atoms with van der Waals surface area (Å²) < 4.78 is 19.2. The number of aromatic amines is 1. The Labute approximate surface area is 157 Å². The van der Waals surface area contributed by atoms with Gasteiger partial charge in [0.25, 0.3) is 5.91 Å². The van der Waals surface area contributed by atoms with Crippen LogP contribution in [-0.2, 0) is 4.74 Å². The van der Waals surface area contributed by atoms with E-state index in [9.17, 15) is 9.18 Å². The Hall–Kier alpha value is -2.29. The van der Waals surface area contributed by atoms with E-state index >= 15 is 0 Å². The molecule has 2 N–H and O–H groups in total. The number of hydrogen-bond donors (Lipinski definition) is 2. The molecule has 2 aromatic rings. The van der Waals surface area contributed by atoms with Gasteiger partial charge in [0.15, 0.2) is 0 Å². The number of halogens is 1. The topological polar surface area (TPSA) is 73.5 Å². The molecule has 4 rings (SSSR count). The molecule has 0 saturated carbocycles. The summed E-state index contributed by atoms with van der Waals surface area (Å²) in [4.78, 5) is 17.6. The minimum atomic E-state index is -0.354. The highest BCUT2D eigenvalue weighted by Gasteiger charge is 2.35. The minimum absolute atomic E-state index is 0.0730. The Kier molecular flexibility index (Phi) is 5.20. The predicted molar refractivity (Wildman–Crippen MR) is 98.9 cm³/mol. The second-order valence-corrected chi connectivity index (χ2v) is 7.19. The maximum atomic E-state index is 13.5. The Morgan fingerprint density at radius 2 is 2.11 bits per heavy atom. The summed E-state index contributed by atoms with van der Waals surface area (Å²) in [6.45, 7) is 5.09. The first-order valence-corrected chi connectivity index (χ1v) is 9.22. The van der Waals surface area contributed by atoms with Gasteiger partial charge >= 0.3 is 0 Å². The Balaban J connectivity index is 1.47. The van der Waals surface area contributed by atoms with Gasteiger partial charge in [-0.25, -0.2) is 4.39 Å². The first-order chi connectivity index (χ1) is 13.1. The number of nitrogens with one attached hydrogen (secondary N) is 2. The van der Waals surface area contributed by atoms with E-state index in [2.05, 4.69) is 32.4 Å². The third-order valence-electron chi connectivity index (χ3n) is 5.37. The number of ether oxygens (including phenoxy) is 1. The third-order valence-corrected chi connectivity index (χ3v) is 5.37. The van der Waals surface area contributed by atoms with Gasteiger partial charge in [0.2, 0.25) is 0 Å². The lowest BCUT2D eigenvalue weighted by Crippen LogP contribution is -2.56. The van der Waals surface area contributed by atoms with Crippen molar-refractivity contribution >= 4 is 5.91 Å². The van der Waals surface area contributed by atoms with Crippen molar-refractivity contribution in [3.05, 3.63) is 41.8 Å². The maximum Gasteiger partial charge on any atom is 0.255 e. The molecule has 2 saturated heterocycles. The van der Waals surface area contributed by atoms with E-state index in [0.717, 1.165) is 26.2 Å². The van der Waals surface area contributed by atoms with Gasteiger partial charge < -0.3 is 15.0 Å². The summed E-state index contributed by atoms with van der Waals surface area (Å²) in [7, 11) is 2.12. The van der Waals surface area contributed by atoms with Crippen LogP contribution in [0.1, 0.15) is 10.4 Å². The van der Waals surface area contributed by atoms with E-state index < -0.39 is 0 Å². The molecule has 144 valence electrons. The number of carbonyl (C=O) groups excluding carboxylic acids is 1. The van der Waals surface area contributed by atoms with Crippen molar-refractivity contribution in [2.75, 3.05) is 46.4 Å². The number of H-pyrrole nitrogens is 1. The van der Waals surface area contributed by atoms with E-state index in [1.54, 1.807) is 12.1 Å². The molecule has 1 aromatic heterocycles. The molecule has 8 heteroatoms. The molecule has 0 radical (unpaired) electrons. The van der Waals surface area contributed by atoms with Gasteiger partial charge in [-0.05, 0) is 19.2 Å². The average molecular weight is 373 g/mol. The average Bonchev–Trinajstić information content (AvgIpc) is 3.32. The van der Waals surface area contributed by atoms with Crippen molar-refractivity contribution in [2.24, 2.45) is 0 Å². The Morgan fingerprint density at radius 3 is 2.89 bits per heavy atom. The molecule has 0 aliphatic carbocycles. The quantitative estimate of drug-likeness (QED) is 0.835. The number of hydrogen-bond acceptors (Lipinski definition) is 5. The zero-order valence-corrected chi connectivity index (χ0v) is 15.3. The number of nitrogens with zero attached hydrogens (tertiary/aromatic N) is 3. The number of amides is 1. The number of benzene rings is 1. The van der Waals surface area contributed by atoms with Crippen LogP contribution in [-0.4, -0.2) is 84.4 Å². The molecule has 2 fully saturated rings. The maximum absolute atomic E-state index is 13.5. The van der Waals surface area contributed by atoms with Gasteiger partial charge in [-0.1, -0.05) is 12.1 Å². The summed E-state index contributed by atoms with van der Waals surface area (Å²) in [6.07, 6.45) is 1.48. The summed E-state index contributed by atoms with van der Waals surface area (Å²) >= 11 is 0. The van der Waals surface area contributed by atoms with E-state index in [1.165, 1.54) is 18.3 Å². The normalized spacial score (nSPS) is 24.2. The van der Waals surface area contributed by atoms with Crippen molar-refractivity contribution in [1.82, 2.24) is 25.3 Å². The van der Waals surface area contributed by atoms with Gasteiger partial charge in [0.05, 0.1) is 42.8 Å². The van der Waals surface area contributed by atoms with Crippen LogP contribution in [0.5, 0.6) is 0 Å². The number of carbonyl (C=O) groups is 1. The fraction of sp³-hybridized carbons (Fsp3) is 0.474. The van der Waals surface area contributed by atoms with Crippen LogP contribution < -0.4 is 5.32 Å². The van der Waals surface area contributed by atoms with Gasteiger partial charge in [0.1, 0.15) is 5.82 Å². The number of aromatic nitrogens is 2. The van der Waals surface area contributed by atoms with Crippen LogP contribution in [0, 0.1) is 5.82 Å². The van der Waals surface area contributed by atoms with Crippen LogP contribution in [0.2, 0.25) is 0 Å². The smallest absolute Gasteiger partial charge is 0.255 e. The lowest BCUT2D eigenvalue weighted by Gasteiger charge is -2.38. The second-order valence-electron chi connectivity index (χ2n) is 7.19. The third kappa shape index (κ3) is 3.87. The van der Waals surface area contributed by atoms with Crippen molar-refractivity contribution in [3.8, 4) is 11.3 Å². The molecule has 0 spiro atoms. The van der Waals surface area contributed by atoms with Crippen LogP contribution in [0.15, 0.2) is 30.5 Å². The van der Waals surface area contributed by atoms with Crippen LogP contribution >= 0.6 is 0 Å². The first-order valence-electron chi connectivity index (χ1n) is 9.22. The van der Waals surface area contributed by atoms with E-state index in [4.69, 9.17) is 4.74 Å². The number of rotatable bonds is 4. The van der Waals surface area contributed by atoms with Gasteiger partial charge in [-0.15, -0.1) is 0 Å². The molecule has 27 heavy (non-hydrogen) atoms. The Bertz CT molecular complexity index is 803. The highest BCUT2D eigenvalue weighted by atomic mass is 19.1. The fourth-order valence-electron chi connectivity index (χ4n) is 3.76. The molecule has 0 unspecified atom stereocenters. The fourth-order valence-corrected chi connectivity index (χ4v) is 3.76. The van der Waals surface area contributed by atoms with E-state index in [-0.39, 0.29) is 23.8 Å². The number of piperazine rings is 1. The van der Waals surface area contributed by atoms with Crippen molar-refractivity contribution in [1.29, 1.82) is 0 Å². The molecule has 2 atom stereocenters. The lowest BCUT2D eigenvalue weighted by molar-refractivity contribution is 0.0829. The molecular weight excluding hydrogens is 349 g/mol. The van der Waals surface area contributed by atoms with Gasteiger partial charge in [-0.3, -0.25) is 14.8 Å². The molecule has 1 aromatic carbocycles. The SMILES string of the molecule is CN1CCN([C@H]2COC[C@@H]2NC(=O)c2cn[nH]c2-c2cccc(F)c2)CC1. The lowest BCUT2D eigenvalue weighted by atomic mass is 10.1. The van der Waals surface area contributed by atoms with Crippen LogP contribution in [0.25, 0.3) is 11.3 Å². The van der Waals surface area contributed by atoms with E-state index in [0.29, 0.717) is 30.0 Å². The second kappa shape index (κ2) is 7.75. The van der Waals surface area contributed by atoms with Crippen molar-refractivity contribution < 1.29 is 13.9 Å². The van der Waals surface area contributed by atoms with Gasteiger partial charge in [-0.2, -0.15) is 5.10 Å². The molecular formula is C19H24FN5O2. The first kappa shape index (κ1) is 18.1. The molecule has 0 bridgehead atoms. The summed E-state index contributed by atoms with van der Waals surface area (Å²) in [6, 6.07) is 6.22. The largest absolute Gasteiger partial charge is 0.378 e. The highest BCUT2D eigenvalue weighted by molar-refractivity contribution is 5.99. The van der Waals surface area contributed by atoms with Gasteiger partial charge in [0, 0.05) is 31.7 Å². The molecule has 3 heterocycles. The van der Waals surface area contributed by atoms with Crippen LogP contribution in [0.3, 0.4) is 0 Å². The molecule has 2 aliphatic heterocycles. The van der Waals surface area contributed by atoms with Crippen molar-refractivity contribution in [3.63, 3.8) is 0 Å².